The average Bonchev–Trinajstić information content (AvgIpc) is 2.54. The topological polar surface area (TPSA) is 81.9 Å². The minimum Gasteiger partial charge on any atom is -0.497 e. The molecule has 2 rings (SSSR count). The molecule has 2 N–H and O–H groups in total. The lowest BCUT2D eigenvalue weighted by molar-refractivity contribution is 0.0401. The first-order chi connectivity index (χ1) is 10.0. The summed E-state index contributed by atoms with van der Waals surface area (Å²) in [7, 11) is -0.414. The molecule has 0 aromatic heterocycles. The summed E-state index contributed by atoms with van der Waals surface area (Å²) in [5, 5.41) is 0. The molecule has 1 aliphatic rings. The molecule has 1 heterocycles. The molecule has 0 bridgehead atoms. The van der Waals surface area contributed by atoms with Gasteiger partial charge in [-0.15, -0.1) is 0 Å². The fourth-order valence-electron chi connectivity index (χ4n) is 2.63. The highest BCUT2D eigenvalue weighted by Crippen LogP contribution is 2.27. The van der Waals surface area contributed by atoms with Crippen LogP contribution in [0.2, 0.25) is 0 Å². The normalized spacial score (nSPS) is 24.0. The Hall–Kier alpha value is -1.15. The van der Waals surface area contributed by atoms with Crippen molar-refractivity contribution in [3.05, 3.63) is 24.3 Å². The van der Waals surface area contributed by atoms with Crippen LogP contribution in [0.5, 0.6) is 5.75 Å². The third-order valence-corrected chi connectivity index (χ3v) is 5.81. The Kier molecular flexibility index (Phi) is 5.21. The molecule has 1 aromatic rings. The lowest BCUT2D eigenvalue weighted by Crippen LogP contribution is -2.51. The zero-order chi connectivity index (χ0) is 15.5. The maximum absolute atomic E-state index is 12.8. The van der Waals surface area contributed by atoms with Crippen molar-refractivity contribution in [1.82, 2.24) is 4.31 Å². The molecule has 0 radical (unpaired) electrons. The molecule has 0 amide bonds. The zero-order valence-electron chi connectivity index (χ0n) is 12.4. The number of piperidine rings is 1. The van der Waals surface area contributed by atoms with E-state index in [2.05, 4.69) is 0 Å². The van der Waals surface area contributed by atoms with E-state index in [-0.39, 0.29) is 23.6 Å². The van der Waals surface area contributed by atoms with E-state index >= 15 is 0 Å². The maximum Gasteiger partial charge on any atom is 0.243 e. The van der Waals surface area contributed by atoms with Gasteiger partial charge < -0.3 is 15.2 Å². The zero-order valence-corrected chi connectivity index (χ0v) is 13.2. The first-order valence-electron chi connectivity index (χ1n) is 6.91. The Morgan fingerprint density at radius 1 is 1.38 bits per heavy atom. The summed E-state index contributed by atoms with van der Waals surface area (Å²) in [5.74, 6) is 0.521. The summed E-state index contributed by atoms with van der Waals surface area (Å²) in [4.78, 5) is 0.233. The molecular formula is C14H22N2O4S. The van der Waals surface area contributed by atoms with Crippen LogP contribution in [0.25, 0.3) is 0 Å². The number of rotatable bonds is 5. The molecule has 0 saturated carbocycles. The van der Waals surface area contributed by atoms with E-state index in [1.165, 1.54) is 17.5 Å². The first-order valence-corrected chi connectivity index (χ1v) is 8.35. The Labute approximate surface area is 125 Å². The van der Waals surface area contributed by atoms with E-state index < -0.39 is 10.0 Å². The van der Waals surface area contributed by atoms with Gasteiger partial charge in [0.1, 0.15) is 5.75 Å². The number of methoxy groups -OCH3 is 2. The molecule has 118 valence electrons. The monoisotopic (exact) mass is 314 g/mol. The summed E-state index contributed by atoms with van der Waals surface area (Å²) in [5.41, 5.74) is 5.76. The molecule has 0 spiro atoms. The van der Waals surface area contributed by atoms with Gasteiger partial charge in [-0.1, -0.05) is 6.07 Å². The summed E-state index contributed by atoms with van der Waals surface area (Å²) in [6, 6.07) is 6.26. The number of sulfonamides is 1. The van der Waals surface area contributed by atoms with Gasteiger partial charge in [-0.3, -0.25) is 0 Å². The average molecular weight is 314 g/mol. The van der Waals surface area contributed by atoms with Gasteiger partial charge in [0.05, 0.1) is 18.1 Å². The van der Waals surface area contributed by atoms with E-state index in [9.17, 15) is 8.42 Å². The molecular weight excluding hydrogens is 292 g/mol. The van der Waals surface area contributed by atoms with Crippen LogP contribution in [0, 0.1) is 0 Å². The molecule has 2 atom stereocenters. The van der Waals surface area contributed by atoms with Crippen molar-refractivity contribution in [2.45, 2.75) is 29.9 Å². The molecule has 1 fully saturated rings. The second-order valence-corrected chi connectivity index (χ2v) is 6.96. The number of benzene rings is 1. The number of ether oxygens (including phenoxy) is 2. The fourth-order valence-corrected chi connectivity index (χ4v) is 4.33. The van der Waals surface area contributed by atoms with E-state index in [0.717, 1.165) is 0 Å². The molecule has 1 aromatic carbocycles. The Morgan fingerprint density at radius 2 is 2.14 bits per heavy atom. The van der Waals surface area contributed by atoms with Gasteiger partial charge in [0, 0.05) is 32.3 Å². The highest BCUT2D eigenvalue weighted by Gasteiger charge is 2.36. The van der Waals surface area contributed by atoms with Gasteiger partial charge in [-0.2, -0.15) is 4.31 Å². The minimum atomic E-state index is -3.57. The largest absolute Gasteiger partial charge is 0.497 e. The second-order valence-electron chi connectivity index (χ2n) is 5.07. The second kappa shape index (κ2) is 6.74. The van der Waals surface area contributed by atoms with E-state index in [4.69, 9.17) is 15.2 Å². The standard InChI is InChI=1S/C14H22N2O4S/c1-19-12-4-3-5-14(9-12)21(17,18)16-7-6-13(20-2)8-11(16)10-15/h3-5,9,11,13H,6-8,10,15H2,1-2H3. The first kappa shape index (κ1) is 16.2. The lowest BCUT2D eigenvalue weighted by Gasteiger charge is -2.37. The lowest BCUT2D eigenvalue weighted by atomic mass is 10.0. The quantitative estimate of drug-likeness (QED) is 0.870. The van der Waals surface area contributed by atoms with Gasteiger partial charge in [-0.25, -0.2) is 8.42 Å². The van der Waals surface area contributed by atoms with Crippen molar-refractivity contribution in [3.8, 4) is 5.75 Å². The predicted octanol–water partition coefficient (Wildman–Crippen LogP) is 0.822. The molecule has 6 nitrogen and oxygen atoms in total. The van der Waals surface area contributed by atoms with Crippen LogP contribution in [-0.2, 0) is 14.8 Å². The third-order valence-electron chi connectivity index (χ3n) is 3.87. The molecule has 21 heavy (non-hydrogen) atoms. The SMILES string of the molecule is COc1cccc(S(=O)(=O)N2CCC(OC)CC2CN)c1. The van der Waals surface area contributed by atoms with E-state index in [1.807, 2.05) is 0 Å². The number of hydrogen-bond acceptors (Lipinski definition) is 5. The minimum absolute atomic E-state index is 0.0651. The van der Waals surface area contributed by atoms with Crippen LogP contribution in [0.1, 0.15) is 12.8 Å². The van der Waals surface area contributed by atoms with E-state index in [1.54, 1.807) is 25.3 Å². The third kappa shape index (κ3) is 3.37. The molecule has 7 heteroatoms. The van der Waals surface area contributed by atoms with Crippen molar-refractivity contribution in [3.63, 3.8) is 0 Å². The smallest absolute Gasteiger partial charge is 0.243 e. The van der Waals surface area contributed by atoms with Crippen LogP contribution < -0.4 is 10.5 Å². The van der Waals surface area contributed by atoms with Crippen molar-refractivity contribution < 1.29 is 17.9 Å². The Bertz CT molecular complexity index is 576. The van der Waals surface area contributed by atoms with Gasteiger partial charge in [0.15, 0.2) is 0 Å². The molecule has 2 unspecified atom stereocenters. The number of nitrogens with two attached hydrogens (primary N) is 1. The maximum atomic E-state index is 12.8. The summed E-state index contributed by atoms with van der Waals surface area (Å²) < 4.78 is 37.5. The van der Waals surface area contributed by atoms with Crippen LogP contribution in [0.4, 0.5) is 0 Å². The van der Waals surface area contributed by atoms with Crippen LogP contribution >= 0.6 is 0 Å². The van der Waals surface area contributed by atoms with Crippen molar-refractivity contribution in [2.24, 2.45) is 5.73 Å². The predicted molar refractivity (Wildman–Crippen MR) is 79.8 cm³/mol. The van der Waals surface area contributed by atoms with Crippen LogP contribution in [-0.4, -0.2) is 52.2 Å². The molecule has 0 aliphatic carbocycles. The number of nitrogens with zero attached hydrogens (tertiary/aromatic N) is 1. The summed E-state index contributed by atoms with van der Waals surface area (Å²) in [6.07, 6.45) is 1.36. The van der Waals surface area contributed by atoms with Gasteiger partial charge in [-0.05, 0) is 25.0 Å². The summed E-state index contributed by atoms with van der Waals surface area (Å²) >= 11 is 0. The fraction of sp³-hybridized carbons (Fsp3) is 0.571. The highest BCUT2D eigenvalue weighted by atomic mass is 32.2. The van der Waals surface area contributed by atoms with E-state index in [0.29, 0.717) is 25.1 Å². The molecule has 1 aliphatic heterocycles. The van der Waals surface area contributed by atoms with Crippen molar-refractivity contribution in [2.75, 3.05) is 27.3 Å². The number of hydrogen-bond donors (Lipinski definition) is 1. The van der Waals surface area contributed by atoms with Crippen LogP contribution in [0.3, 0.4) is 0 Å². The van der Waals surface area contributed by atoms with Crippen molar-refractivity contribution >= 4 is 10.0 Å². The summed E-state index contributed by atoms with van der Waals surface area (Å²) in [6.45, 7) is 0.697. The van der Waals surface area contributed by atoms with Crippen molar-refractivity contribution in [1.29, 1.82) is 0 Å². The van der Waals surface area contributed by atoms with Gasteiger partial charge >= 0.3 is 0 Å². The van der Waals surface area contributed by atoms with Gasteiger partial charge in [0.25, 0.3) is 0 Å². The van der Waals surface area contributed by atoms with Crippen LogP contribution in [0.15, 0.2) is 29.2 Å². The highest BCUT2D eigenvalue weighted by molar-refractivity contribution is 7.89. The Balaban J connectivity index is 2.29. The van der Waals surface area contributed by atoms with Gasteiger partial charge in [0.2, 0.25) is 10.0 Å². The Morgan fingerprint density at radius 3 is 2.76 bits per heavy atom. The molecule has 1 saturated heterocycles.